The van der Waals surface area contributed by atoms with Crippen LogP contribution in [0.1, 0.15) is 31.0 Å². The van der Waals surface area contributed by atoms with Crippen molar-refractivity contribution >= 4 is 40.0 Å². The molecule has 0 aliphatic carbocycles. The van der Waals surface area contributed by atoms with E-state index in [9.17, 15) is 0 Å². The largest absolute Gasteiger partial charge is 0.383 e. The van der Waals surface area contributed by atoms with Crippen molar-refractivity contribution < 1.29 is 0 Å². The van der Waals surface area contributed by atoms with Gasteiger partial charge < -0.3 is 5.73 Å². The summed E-state index contributed by atoms with van der Waals surface area (Å²) >= 11 is 8.17. The summed E-state index contributed by atoms with van der Waals surface area (Å²) in [5.41, 5.74) is 8.99. The van der Waals surface area contributed by atoms with Crippen LogP contribution < -0.4 is 5.73 Å². The van der Waals surface area contributed by atoms with E-state index >= 15 is 0 Å². The highest BCUT2D eigenvalue weighted by Gasteiger charge is 2.15. The number of rotatable bonds is 2. The number of aromatic nitrogens is 2. The molecular weight excluding hydrogens is 373 g/mol. The molecule has 2 rings (SSSR count). The van der Waals surface area contributed by atoms with Crippen LogP contribution in [0.3, 0.4) is 0 Å². The first-order valence-electron chi connectivity index (χ1n) is 5.99. The van der Waals surface area contributed by atoms with Crippen molar-refractivity contribution in [2.75, 3.05) is 5.73 Å². The molecule has 0 spiro atoms. The zero-order valence-corrected chi connectivity index (χ0v) is 14.0. The Hall–Kier alpha value is -0.880. The van der Waals surface area contributed by atoms with Gasteiger partial charge in [-0.1, -0.05) is 25.4 Å². The van der Waals surface area contributed by atoms with Gasteiger partial charge in [0.1, 0.15) is 5.82 Å². The molecule has 0 atom stereocenters. The molecule has 2 aromatic rings. The number of anilines is 1. The first-order valence-corrected chi connectivity index (χ1v) is 7.45. The fraction of sp³-hybridized carbons (Fsp3) is 0.286. The first kappa shape index (κ1) is 14.5. The number of halogens is 2. The molecule has 5 heteroatoms. The van der Waals surface area contributed by atoms with Crippen molar-refractivity contribution in [1.29, 1.82) is 0 Å². The number of hydrogen-bond acceptors (Lipinski definition) is 3. The standard InChI is InChI=1S/C14H15ClIN3/c1-7(2)12-11(16)13(17)19-14(18-12)10-5-4-9(15)6-8(10)3/h4-7H,1-3H3,(H2,17,18,19). The van der Waals surface area contributed by atoms with Crippen LogP contribution in [0.5, 0.6) is 0 Å². The molecule has 1 aromatic heterocycles. The first-order chi connectivity index (χ1) is 8.90. The summed E-state index contributed by atoms with van der Waals surface area (Å²) in [6.45, 7) is 6.19. The second-order valence-corrected chi connectivity index (χ2v) is 6.26. The van der Waals surface area contributed by atoms with Crippen molar-refractivity contribution in [2.45, 2.75) is 26.7 Å². The summed E-state index contributed by atoms with van der Waals surface area (Å²) < 4.78 is 0.933. The molecule has 0 aliphatic heterocycles. The average molecular weight is 388 g/mol. The highest BCUT2D eigenvalue weighted by Crippen LogP contribution is 2.29. The van der Waals surface area contributed by atoms with Crippen LogP contribution in [0.2, 0.25) is 5.02 Å². The lowest BCUT2D eigenvalue weighted by Crippen LogP contribution is -2.06. The lowest BCUT2D eigenvalue weighted by atomic mass is 10.1. The minimum atomic E-state index is 0.309. The van der Waals surface area contributed by atoms with Gasteiger partial charge in [0.2, 0.25) is 0 Å². The Balaban J connectivity index is 2.63. The number of nitrogens with two attached hydrogens (primary N) is 1. The molecular formula is C14H15ClIN3. The molecule has 0 aliphatic rings. The Morgan fingerprint density at radius 2 is 1.95 bits per heavy atom. The van der Waals surface area contributed by atoms with Gasteiger partial charge in [-0.15, -0.1) is 0 Å². The highest BCUT2D eigenvalue weighted by atomic mass is 127. The van der Waals surface area contributed by atoms with E-state index in [0.717, 1.165) is 20.4 Å². The monoisotopic (exact) mass is 387 g/mol. The fourth-order valence-electron chi connectivity index (χ4n) is 1.86. The Labute approximate surface area is 131 Å². The molecule has 100 valence electrons. The molecule has 2 N–H and O–H groups in total. The third-order valence-corrected chi connectivity index (χ3v) is 4.22. The van der Waals surface area contributed by atoms with Gasteiger partial charge in [-0.05, 0) is 59.2 Å². The third kappa shape index (κ3) is 3.00. The van der Waals surface area contributed by atoms with E-state index < -0.39 is 0 Å². The van der Waals surface area contributed by atoms with Gasteiger partial charge in [-0.25, -0.2) is 9.97 Å². The summed E-state index contributed by atoms with van der Waals surface area (Å²) in [5, 5.41) is 0.712. The minimum absolute atomic E-state index is 0.309. The summed E-state index contributed by atoms with van der Waals surface area (Å²) in [6, 6.07) is 5.68. The maximum Gasteiger partial charge on any atom is 0.162 e. The molecule has 0 radical (unpaired) electrons. The van der Waals surface area contributed by atoms with Crippen LogP contribution in [-0.2, 0) is 0 Å². The van der Waals surface area contributed by atoms with E-state index in [2.05, 4.69) is 46.4 Å². The molecule has 1 heterocycles. The number of hydrogen-bond donors (Lipinski definition) is 1. The molecule has 1 aromatic carbocycles. The van der Waals surface area contributed by atoms with Gasteiger partial charge in [-0.2, -0.15) is 0 Å². The van der Waals surface area contributed by atoms with Crippen molar-refractivity contribution in [3.63, 3.8) is 0 Å². The average Bonchev–Trinajstić information content (AvgIpc) is 2.32. The molecule has 0 bridgehead atoms. The van der Waals surface area contributed by atoms with Crippen molar-refractivity contribution in [3.05, 3.63) is 38.0 Å². The predicted molar refractivity (Wildman–Crippen MR) is 88.4 cm³/mol. The summed E-state index contributed by atoms with van der Waals surface area (Å²) in [6.07, 6.45) is 0. The van der Waals surface area contributed by atoms with Crippen molar-refractivity contribution in [2.24, 2.45) is 0 Å². The van der Waals surface area contributed by atoms with Crippen LogP contribution in [0.15, 0.2) is 18.2 Å². The number of aryl methyl sites for hydroxylation is 1. The van der Waals surface area contributed by atoms with E-state index in [4.69, 9.17) is 17.3 Å². The van der Waals surface area contributed by atoms with Gasteiger partial charge in [-0.3, -0.25) is 0 Å². The predicted octanol–water partition coefficient (Wildman–Crippen LogP) is 4.42. The van der Waals surface area contributed by atoms with E-state index in [1.165, 1.54) is 0 Å². The Kier molecular flexibility index (Phi) is 4.30. The third-order valence-electron chi connectivity index (χ3n) is 2.88. The molecule has 0 fully saturated rings. The SMILES string of the molecule is Cc1cc(Cl)ccc1-c1nc(N)c(I)c(C(C)C)n1. The van der Waals surface area contributed by atoms with E-state index in [0.29, 0.717) is 22.6 Å². The zero-order valence-electron chi connectivity index (χ0n) is 11.0. The second-order valence-electron chi connectivity index (χ2n) is 4.75. The normalized spacial score (nSPS) is 11.1. The molecule has 0 saturated carbocycles. The van der Waals surface area contributed by atoms with Gasteiger partial charge in [0, 0.05) is 10.6 Å². The van der Waals surface area contributed by atoms with Crippen LogP contribution >= 0.6 is 34.2 Å². The molecule has 3 nitrogen and oxygen atoms in total. The lowest BCUT2D eigenvalue weighted by molar-refractivity contribution is 0.810. The van der Waals surface area contributed by atoms with Crippen LogP contribution in [0.25, 0.3) is 11.4 Å². The molecule has 0 unspecified atom stereocenters. The summed E-state index contributed by atoms with van der Waals surface area (Å²) in [4.78, 5) is 9.04. The summed E-state index contributed by atoms with van der Waals surface area (Å²) in [7, 11) is 0. The Bertz CT molecular complexity index is 626. The van der Waals surface area contributed by atoms with E-state index in [-0.39, 0.29) is 0 Å². The minimum Gasteiger partial charge on any atom is -0.383 e. The van der Waals surface area contributed by atoms with Crippen LogP contribution in [-0.4, -0.2) is 9.97 Å². The molecule has 0 amide bonds. The van der Waals surface area contributed by atoms with Gasteiger partial charge in [0.15, 0.2) is 5.82 Å². The zero-order chi connectivity index (χ0) is 14.2. The van der Waals surface area contributed by atoms with Crippen molar-refractivity contribution in [1.82, 2.24) is 9.97 Å². The van der Waals surface area contributed by atoms with E-state index in [1.54, 1.807) is 0 Å². The quantitative estimate of drug-likeness (QED) is 0.776. The highest BCUT2D eigenvalue weighted by molar-refractivity contribution is 14.1. The maximum atomic E-state index is 5.99. The lowest BCUT2D eigenvalue weighted by Gasteiger charge is -2.12. The van der Waals surface area contributed by atoms with Crippen molar-refractivity contribution in [3.8, 4) is 11.4 Å². The smallest absolute Gasteiger partial charge is 0.162 e. The topological polar surface area (TPSA) is 51.8 Å². The van der Waals surface area contributed by atoms with Gasteiger partial charge in [0.05, 0.1) is 9.26 Å². The second kappa shape index (κ2) is 5.63. The number of benzene rings is 1. The van der Waals surface area contributed by atoms with Crippen LogP contribution in [0.4, 0.5) is 5.82 Å². The van der Waals surface area contributed by atoms with Gasteiger partial charge >= 0.3 is 0 Å². The molecule has 19 heavy (non-hydrogen) atoms. The van der Waals surface area contributed by atoms with E-state index in [1.807, 2.05) is 25.1 Å². The molecule has 0 saturated heterocycles. The maximum absolute atomic E-state index is 5.99. The number of nitrogen functional groups attached to an aromatic ring is 1. The van der Waals surface area contributed by atoms with Gasteiger partial charge in [0.25, 0.3) is 0 Å². The number of nitrogens with zero attached hydrogens (tertiary/aromatic N) is 2. The Morgan fingerprint density at radius 1 is 1.26 bits per heavy atom. The summed E-state index contributed by atoms with van der Waals surface area (Å²) in [5.74, 6) is 1.50. The van der Waals surface area contributed by atoms with Crippen LogP contribution in [0, 0.1) is 10.5 Å². The Morgan fingerprint density at radius 3 is 2.53 bits per heavy atom. The fourth-order valence-corrected chi connectivity index (χ4v) is 2.95.